The van der Waals surface area contributed by atoms with E-state index in [1.165, 1.54) is 24.6 Å². The lowest BCUT2D eigenvalue weighted by molar-refractivity contribution is -0.205. The molecule has 0 aromatic rings. The first-order valence-corrected chi connectivity index (χ1v) is 8.40. The molecule has 0 aliphatic carbocycles. The van der Waals surface area contributed by atoms with E-state index < -0.39 is 36.5 Å². The van der Waals surface area contributed by atoms with Gasteiger partial charge in [0.25, 0.3) is 0 Å². The Kier molecular flexibility index (Phi) is 8.24. The highest BCUT2D eigenvalue weighted by atomic mass is 32.2. The average molecular weight is 309 g/mol. The van der Waals surface area contributed by atoms with E-state index in [0.29, 0.717) is 5.75 Å². The summed E-state index contributed by atoms with van der Waals surface area (Å²) in [6, 6.07) is 0. The molecule has 2 unspecified atom stereocenters. The average Bonchev–Trinajstić information content (AvgIpc) is 2.48. The van der Waals surface area contributed by atoms with E-state index in [1.54, 1.807) is 0 Å². The predicted octanol–water partition coefficient (Wildman–Crippen LogP) is 0.880. The highest BCUT2D eigenvalue weighted by Gasteiger charge is 2.43. The molecular weight excluding hydrogens is 280 g/mol. The van der Waals surface area contributed by atoms with Crippen LogP contribution in [0.2, 0.25) is 0 Å². The van der Waals surface area contributed by atoms with Crippen LogP contribution in [0, 0.1) is 0 Å². The number of hydrogen-bond donors (Lipinski definition) is 4. The maximum atomic E-state index is 9.88. The fourth-order valence-electron chi connectivity index (χ4n) is 2.17. The Bertz CT molecular complexity index is 282. The number of rotatable bonds is 9. The third-order valence-electron chi connectivity index (χ3n) is 3.49. The molecule has 4 N–H and O–H groups in total. The second-order valence-electron chi connectivity index (χ2n) is 5.17. The van der Waals surface area contributed by atoms with Crippen LogP contribution in [-0.2, 0) is 4.74 Å². The van der Waals surface area contributed by atoms with Crippen LogP contribution in [0.25, 0.3) is 0 Å². The molecule has 1 aliphatic heterocycles. The van der Waals surface area contributed by atoms with Gasteiger partial charge in [0.2, 0.25) is 0 Å². The number of aliphatic hydroxyl groups is 4. The van der Waals surface area contributed by atoms with Gasteiger partial charge in [-0.1, -0.05) is 39.0 Å². The Hall–Kier alpha value is 0.150. The van der Waals surface area contributed by atoms with Gasteiger partial charge in [0.1, 0.15) is 29.9 Å². The van der Waals surface area contributed by atoms with Crippen LogP contribution in [0.15, 0.2) is 0 Å². The van der Waals surface area contributed by atoms with E-state index in [4.69, 9.17) is 11.2 Å². The number of hydrogen-bond acceptors (Lipinski definition) is 6. The summed E-state index contributed by atoms with van der Waals surface area (Å²) < 4.78 is 13.4. The van der Waals surface area contributed by atoms with Gasteiger partial charge in [-0.3, -0.25) is 0 Å². The van der Waals surface area contributed by atoms with Crippen molar-refractivity contribution in [2.45, 2.75) is 75.3 Å². The number of ether oxygens (including phenoxy) is 1. The quantitative estimate of drug-likeness (QED) is 0.473. The third-order valence-corrected chi connectivity index (χ3v) is 4.64. The fraction of sp³-hybridized carbons (Fsp3) is 1.00. The maximum Gasteiger partial charge on any atom is 0.132 e. The lowest BCUT2D eigenvalue weighted by Gasteiger charge is -2.39. The summed E-state index contributed by atoms with van der Waals surface area (Å²) in [5, 5.41) is 38.3. The van der Waals surface area contributed by atoms with Crippen molar-refractivity contribution < 1.29 is 26.5 Å². The van der Waals surface area contributed by atoms with Gasteiger partial charge >= 0.3 is 0 Å². The van der Waals surface area contributed by atoms with Crippen molar-refractivity contribution in [1.82, 2.24) is 0 Å². The zero-order valence-electron chi connectivity index (χ0n) is 13.0. The third kappa shape index (κ3) is 5.50. The van der Waals surface area contributed by atoms with Gasteiger partial charge in [-0.2, -0.15) is 0 Å². The molecule has 6 atom stereocenters. The van der Waals surface area contributed by atoms with Crippen LogP contribution in [0.3, 0.4) is 0 Å². The van der Waals surface area contributed by atoms with E-state index in [0.717, 1.165) is 19.3 Å². The summed E-state index contributed by atoms with van der Waals surface area (Å²) in [7, 11) is 0. The fourth-order valence-corrected chi connectivity index (χ4v) is 3.24. The topological polar surface area (TPSA) is 90.2 Å². The standard InChI is InChI=1S/C14H28O5S/c1-2-3-4-5-6-7-8-20-14-13(18)12(17)11(16)10(9-15)19-14/h10-18H,2-9H2,1H3/t10-,11-,12+,13-,14?/m1/s1/i7D/t7?,10-,11-,12+,13-,14?. The second-order valence-corrected chi connectivity index (χ2v) is 6.30. The Balaban J connectivity index is 2.32. The van der Waals surface area contributed by atoms with E-state index in [9.17, 15) is 15.3 Å². The van der Waals surface area contributed by atoms with E-state index in [-0.39, 0.29) is 6.40 Å². The van der Waals surface area contributed by atoms with Crippen molar-refractivity contribution in [3.05, 3.63) is 0 Å². The van der Waals surface area contributed by atoms with E-state index >= 15 is 0 Å². The van der Waals surface area contributed by atoms with Gasteiger partial charge in [-0.15, -0.1) is 11.8 Å². The Labute approximate surface area is 126 Å². The molecule has 1 rings (SSSR count). The maximum absolute atomic E-state index is 9.88. The van der Waals surface area contributed by atoms with Crippen LogP contribution in [0.5, 0.6) is 0 Å². The molecule has 0 aromatic carbocycles. The first kappa shape index (κ1) is 16.5. The van der Waals surface area contributed by atoms with Crippen LogP contribution in [0.4, 0.5) is 0 Å². The number of aliphatic hydroxyl groups excluding tert-OH is 4. The van der Waals surface area contributed by atoms with Crippen LogP contribution >= 0.6 is 11.8 Å². The van der Waals surface area contributed by atoms with Gasteiger partial charge in [0.05, 0.1) is 6.61 Å². The largest absolute Gasteiger partial charge is 0.394 e. The van der Waals surface area contributed by atoms with Gasteiger partial charge < -0.3 is 25.2 Å². The van der Waals surface area contributed by atoms with E-state index in [2.05, 4.69) is 6.92 Å². The highest BCUT2D eigenvalue weighted by molar-refractivity contribution is 7.99. The molecule has 1 saturated heterocycles. The minimum Gasteiger partial charge on any atom is -0.394 e. The minimum absolute atomic E-state index is 0.237. The first-order chi connectivity index (χ1) is 10.0. The molecule has 1 aliphatic rings. The van der Waals surface area contributed by atoms with Gasteiger partial charge in [-0.05, 0) is 12.1 Å². The smallest absolute Gasteiger partial charge is 0.132 e. The summed E-state index contributed by atoms with van der Waals surface area (Å²) >= 11 is 1.26. The summed E-state index contributed by atoms with van der Waals surface area (Å²) in [4.78, 5) is 0. The van der Waals surface area contributed by atoms with Crippen molar-refractivity contribution in [1.29, 1.82) is 0 Å². The molecule has 1 fully saturated rings. The summed E-state index contributed by atoms with van der Waals surface area (Å²) in [5.41, 5.74) is -0.718. The van der Waals surface area contributed by atoms with Crippen molar-refractivity contribution >= 4 is 11.8 Å². The normalized spacial score (nSPS) is 36.6. The lowest BCUT2D eigenvalue weighted by atomic mass is 10.0. The summed E-state index contributed by atoms with van der Waals surface area (Å²) in [6.07, 6.45) is 0.367. The first-order valence-electron chi connectivity index (χ1n) is 7.93. The lowest BCUT2D eigenvalue weighted by Crippen LogP contribution is -2.57. The second kappa shape index (κ2) is 9.97. The Morgan fingerprint density at radius 1 is 1.05 bits per heavy atom. The zero-order chi connectivity index (χ0) is 15.8. The molecule has 0 aromatic heterocycles. The van der Waals surface area contributed by atoms with E-state index in [1.807, 2.05) is 0 Å². The Morgan fingerprint density at radius 2 is 1.75 bits per heavy atom. The molecule has 6 heteroatoms. The summed E-state index contributed by atoms with van der Waals surface area (Å²) in [6.45, 7) is 1.73. The van der Waals surface area contributed by atoms with Crippen molar-refractivity contribution in [3.63, 3.8) is 0 Å². The molecular formula is C14H28O5S. The molecule has 1 heterocycles. The van der Waals surface area contributed by atoms with Crippen molar-refractivity contribution in [2.75, 3.05) is 12.4 Å². The molecule has 0 bridgehead atoms. The minimum atomic E-state index is -1.33. The predicted molar refractivity (Wildman–Crippen MR) is 79.6 cm³/mol. The van der Waals surface area contributed by atoms with Gasteiger partial charge in [0, 0.05) is 1.37 Å². The monoisotopic (exact) mass is 309 g/mol. The molecule has 20 heavy (non-hydrogen) atoms. The zero-order valence-corrected chi connectivity index (χ0v) is 12.8. The molecule has 120 valence electrons. The van der Waals surface area contributed by atoms with Crippen molar-refractivity contribution in [2.24, 2.45) is 0 Å². The molecule has 0 radical (unpaired) electrons. The van der Waals surface area contributed by atoms with Gasteiger partial charge in [-0.25, -0.2) is 0 Å². The molecule has 0 amide bonds. The highest BCUT2D eigenvalue weighted by Crippen LogP contribution is 2.29. The van der Waals surface area contributed by atoms with Crippen LogP contribution < -0.4 is 0 Å². The molecule has 0 spiro atoms. The van der Waals surface area contributed by atoms with Crippen LogP contribution in [0.1, 0.15) is 46.8 Å². The van der Waals surface area contributed by atoms with Crippen LogP contribution in [-0.4, -0.2) is 62.6 Å². The SMILES string of the molecule is [2H]C(CCCCCC)CSC1O[C@H](CO)[C@@H](O)[C@H](O)[C@H]1O. The number of unbranched alkanes of at least 4 members (excludes halogenated alkanes) is 3. The molecule has 0 saturated carbocycles. The van der Waals surface area contributed by atoms with Crippen molar-refractivity contribution in [3.8, 4) is 0 Å². The molecule has 5 nitrogen and oxygen atoms in total. The Morgan fingerprint density at radius 3 is 2.40 bits per heavy atom. The van der Waals surface area contributed by atoms with Gasteiger partial charge in [0.15, 0.2) is 0 Å². The summed E-state index contributed by atoms with van der Waals surface area (Å²) in [5.74, 6) is 0.495. The number of thioether (sulfide) groups is 1.